The van der Waals surface area contributed by atoms with Crippen molar-refractivity contribution in [2.45, 2.75) is 18.4 Å². The number of halogens is 1. The van der Waals surface area contributed by atoms with Gasteiger partial charge in [0, 0.05) is 23.2 Å². The summed E-state index contributed by atoms with van der Waals surface area (Å²) < 4.78 is 6.43. The zero-order chi connectivity index (χ0) is 10.0. The fourth-order valence-corrected chi connectivity index (χ4v) is 2.55. The zero-order valence-corrected chi connectivity index (χ0v) is 9.59. The Morgan fingerprint density at radius 1 is 1.21 bits per heavy atom. The minimum absolute atomic E-state index is 0.210. The highest BCUT2D eigenvalue weighted by Gasteiger charge is 2.31. The summed E-state index contributed by atoms with van der Waals surface area (Å²) in [7, 11) is 0. The first kappa shape index (κ1) is 10.1. The van der Waals surface area contributed by atoms with Crippen LogP contribution in [0, 0.1) is 0 Å². The van der Waals surface area contributed by atoms with Crippen molar-refractivity contribution in [3.63, 3.8) is 0 Å². The van der Waals surface area contributed by atoms with Crippen LogP contribution in [0.5, 0.6) is 0 Å². The summed E-state index contributed by atoms with van der Waals surface area (Å²) in [6.45, 7) is 1.52. The minimum atomic E-state index is -0.210. The van der Waals surface area contributed by atoms with Crippen LogP contribution in [0.25, 0.3) is 0 Å². The maximum atomic E-state index is 6.37. The molecule has 3 heteroatoms. The van der Waals surface area contributed by atoms with E-state index in [9.17, 15) is 0 Å². The number of ether oxygens (including phenoxy) is 1. The molecule has 1 heterocycles. The molecule has 0 bridgehead atoms. The monoisotopic (exact) mass is 255 g/mol. The van der Waals surface area contributed by atoms with E-state index in [1.165, 1.54) is 5.56 Å². The van der Waals surface area contributed by atoms with Gasteiger partial charge in [-0.3, -0.25) is 0 Å². The van der Waals surface area contributed by atoms with Gasteiger partial charge in [-0.25, -0.2) is 0 Å². The summed E-state index contributed by atoms with van der Waals surface area (Å²) in [5, 5.41) is 0. The van der Waals surface area contributed by atoms with Gasteiger partial charge in [-0.2, -0.15) is 0 Å². The molecule has 0 radical (unpaired) electrons. The molecule has 1 aromatic carbocycles. The van der Waals surface area contributed by atoms with Gasteiger partial charge in [0.2, 0.25) is 0 Å². The summed E-state index contributed by atoms with van der Waals surface area (Å²) in [5.74, 6) is 0. The van der Waals surface area contributed by atoms with Gasteiger partial charge in [0.25, 0.3) is 0 Å². The maximum absolute atomic E-state index is 6.37. The van der Waals surface area contributed by atoms with E-state index in [2.05, 4.69) is 22.0 Å². The van der Waals surface area contributed by atoms with Crippen molar-refractivity contribution in [2.24, 2.45) is 5.73 Å². The summed E-state index contributed by atoms with van der Waals surface area (Å²) in [5.41, 5.74) is 7.36. The molecular formula is C11H14BrNO. The van der Waals surface area contributed by atoms with Crippen LogP contribution in [-0.2, 0) is 10.3 Å². The Hall–Kier alpha value is -0.380. The van der Waals surface area contributed by atoms with Crippen molar-refractivity contribution in [2.75, 3.05) is 13.2 Å². The van der Waals surface area contributed by atoms with E-state index in [1.54, 1.807) is 0 Å². The lowest BCUT2D eigenvalue weighted by atomic mass is 9.84. The zero-order valence-electron chi connectivity index (χ0n) is 8.00. The van der Waals surface area contributed by atoms with E-state index in [-0.39, 0.29) is 5.54 Å². The van der Waals surface area contributed by atoms with E-state index in [0.29, 0.717) is 0 Å². The van der Waals surface area contributed by atoms with E-state index in [0.717, 1.165) is 30.5 Å². The summed E-state index contributed by atoms with van der Waals surface area (Å²) in [6.07, 6.45) is 1.80. The molecule has 2 rings (SSSR count). The number of hydrogen-bond acceptors (Lipinski definition) is 2. The molecule has 14 heavy (non-hydrogen) atoms. The molecule has 0 saturated carbocycles. The van der Waals surface area contributed by atoms with Gasteiger partial charge in [0.15, 0.2) is 0 Å². The Balaban J connectivity index is 2.32. The molecule has 0 amide bonds. The molecule has 0 aliphatic carbocycles. The number of benzene rings is 1. The highest BCUT2D eigenvalue weighted by Crippen LogP contribution is 2.33. The standard InChI is InChI=1S/C11H14BrNO/c12-10-4-2-1-3-9(10)11(13)5-7-14-8-6-11/h1-4H,5-8,13H2. The first-order valence-corrected chi connectivity index (χ1v) is 5.63. The largest absolute Gasteiger partial charge is 0.381 e. The third kappa shape index (κ3) is 1.85. The van der Waals surface area contributed by atoms with E-state index in [1.807, 2.05) is 18.2 Å². The fraction of sp³-hybridized carbons (Fsp3) is 0.455. The minimum Gasteiger partial charge on any atom is -0.381 e. The lowest BCUT2D eigenvalue weighted by molar-refractivity contribution is 0.0520. The normalized spacial score (nSPS) is 20.7. The van der Waals surface area contributed by atoms with Crippen LogP contribution in [-0.4, -0.2) is 13.2 Å². The maximum Gasteiger partial charge on any atom is 0.0486 e. The Labute approximate surface area is 92.6 Å². The smallest absolute Gasteiger partial charge is 0.0486 e. The molecule has 1 aliphatic rings. The lowest BCUT2D eigenvalue weighted by Gasteiger charge is -2.34. The Kier molecular flexibility index (Phi) is 2.91. The molecule has 2 N–H and O–H groups in total. The van der Waals surface area contributed by atoms with Gasteiger partial charge >= 0.3 is 0 Å². The summed E-state index contributed by atoms with van der Waals surface area (Å²) in [4.78, 5) is 0. The molecule has 1 saturated heterocycles. The lowest BCUT2D eigenvalue weighted by Crippen LogP contribution is -2.42. The molecule has 0 atom stereocenters. The first-order valence-electron chi connectivity index (χ1n) is 4.84. The Bertz CT molecular complexity index is 321. The first-order chi connectivity index (χ1) is 6.72. The van der Waals surface area contributed by atoms with Crippen molar-refractivity contribution in [1.29, 1.82) is 0 Å². The van der Waals surface area contributed by atoms with Crippen LogP contribution in [0.2, 0.25) is 0 Å². The molecule has 76 valence electrons. The topological polar surface area (TPSA) is 35.2 Å². The van der Waals surface area contributed by atoms with Crippen LogP contribution >= 0.6 is 15.9 Å². The average Bonchev–Trinajstić information content (AvgIpc) is 2.19. The van der Waals surface area contributed by atoms with Crippen molar-refractivity contribution in [1.82, 2.24) is 0 Å². The van der Waals surface area contributed by atoms with Gasteiger partial charge in [0.1, 0.15) is 0 Å². The molecular weight excluding hydrogens is 242 g/mol. The molecule has 1 aliphatic heterocycles. The third-order valence-corrected chi connectivity index (χ3v) is 3.49. The van der Waals surface area contributed by atoms with Gasteiger partial charge < -0.3 is 10.5 Å². The van der Waals surface area contributed by atoms with Crippen molar-refractivity contribution in [3.8, 4) is 0 Å². The van der Waals surface area contributed by atoms with Gasteiger partial charge in [0.05, 0.1) is 0 Å². The van der Waals surface area contributed by atoms with Gasteiger partial charge in [-0.05, 0) is 24.5 Å². The third-order valence-electron chi connectivity index (χ3n) is 2.80. The second-order valence-electron chi connectivity index (χ2n) is 3.75. The van der Waals surface area contributed by atoms with E-state index in [4.69, 9.17) is 10.5 Å². The summed E-state index contributed by atoms with van der Waals surface area (Å²) in [6, 6.07) is 8.18. The number of hydrogen-bond donors (Lipinski definition) is 1. The van der Waals surface area contributed by atoms with Crippen molar-refractivity contribution >= 4 is 15.9 Å². The predicted octanol–water partition coefficient (Wildman–Crippen LogP) is 2.41. The van der Waals surface area contributed by atoms with E-state index >= 15 is 0 Å². The van der Waals surface area contributed by atoms with Crippen LogP contribution in [0.3, 0.4) is 0 Å². The Morgan fingerprint density at radius 2 is 1.86 bits per heavy atom. The highest BCUT2D eigenvalue weighted by atomic mass is 79.9. The average molecular weight is 256 g/mol. The highest BCUT2D eigenvalue weighted by molar-refractivity contribution is 9.10. The van der Waals surface area contributed by atoms with Crippen LogP contribution in [0.4, 0.5) is 0 Å². The molecule has 1 aromatic rings. The van der Waals surface area contributed by atoms with Crippen molar-refractivity contribution < 1.29 is 4.74 Å². The summed E-state index contributed by atoms with van der Waals surface area (Å²) >= 11 is 3.55. The predicted molar refractivity (Wildman–Crippen MR) is 60.1 cm³/mol. The number of rotatable bonds is 1. The Morgan fingerprint density at radius 3 is 2.50 bits per heavy atom. The second kappa shape index (κ2) is 4.01. The molecule has 0 unspecified atom stereocenters. The van der Waals surface area contributed by atoms with E-state index < -0.39 is 0 Å². The molecule has 0 aromatic heterocycles. The SMILES string of the molecule is NC1(c2ccccc2Br)CCOCC1. The van der Waals surface area contributed by atoms with Crippen LogP contribution in [0.15, 0.2) is 28.7 Å². The second-order valence-corrected chi connectivity index (χ2v) is 4.60. The van der Waals surface area contributed by atoms with Gasteiger partial charge in [-0.1, -0.05) is 34.1 Å². The fourth-order valence-electron chi connectivity index (χ4n) is 1.87. The number of nitrogens with two attached hydrogens (primary N) is 1. The van der Waals surface area contributed by atoms with Gasteiger partial charge in [-0.15, -0.1) is 0 Å². The van der Waals surface area contributed by atoms with Crippen LogP contribution in [0.1, 0.15) is 18.4 Å². The molecule has 2 nitrogen and oxygen atoms in total. The van der Waals surface area contributed by atoms with Crippen LogP contribution < -0.4 is 5.73 Å². The molecule has 0 spiro atoms. The van der Waals surface area contributed by atoms with Crippen molar-refractivity contribution in [3.05, 3.63) is 34.3 Å². The molecule has 1 fully saturated rings. The quantitative estimate of drug-likeness (QED) is 0.837.